The van der Waals surface area contributed by atoms with Crippen molar-refractivity contribution in [2.45, 2.75) is 6.54 Å². The zero-order valence-corrected chi connectivity index (χ0v) is 14.2. The fourth-order valence-corrected chi connectivity index (χ4v) is 3.68. The van der Waals surface area contributed by atoms with Crippen LogP contribution in [0.5, 0.6) is 0 Å². The highest BCUT2D eigenvalue weighted by atomic mass is 79.9. The summed E-state index contributed by atoms with van der Waals surface area (Å²) in [6.07, 6.45) is 0. The molecule has 100 valence electrons. The number of carbonyl (C=O) groups is 1. The number of carbonyl (C=O) groups excluding carboxylic acids is 1. The fourth-order valence-electron chi connectivity index (χ4n) is 1.65. The number of anilines is 1. The number of nitrogens with two attached hydrogens (primary N) is 1. The summed E-state index contributed by atoms with van der Waals surface area (Å²) in [5.41, 5.74) is 7.54. The molecule has 1 amide bonds. The van der Waals surface area contributed by atoms with Gasteiger partial charge in [0, 0.05) is 23.8 Å². The number of nitrogen functional groups attached to an aromatic ring is 1. The molecule has 0 unspecified atom stereocenters. The van der Waals surface area contributed by atoms with Crippen molar-refractivity contribution >= 4 is 54.8 Å². The van der Waals surface area contributed by atoms with Gasteiger partial charge in [0.1, 0.15) is 0 Å². The molecule has 19 heavy (non-hydrogen) atoms. The highest BCUT2D eigenvalue weighted by molar-refractivity contribution is 9.13. The third-order valence-corrected chi connectivity index (χ3v) is 5.91. The molecule has 1 aromatic carbocycles. The van der Waals surface area contributed by atoms with Gasteiger partial charge in [-0.2, -0.15) is 0 Å². The minimum atomic E-state index is -0.0142. The Kier molecular flexibility index (Phi) is 4.65. The Morgan fingerprint density at radius 2 is 2.05 bits per heavy atom. The minimum Gasteiger partial charge on any atom is -0.398 e. The van der Waals surface area contributed by atoms with Crippen LogP contribution in [0.2, 0.25) is 0 Å². The van der Waals surface area contributed by atoms with Crippen molar-refractivity contribution in [3.05, 3.63) is 49.0 Å². The molecular weight excluding hydrogens is 392 g/mol. The second-order valence-corrected chi connectivity index (χ2v) is 7.32. The highest BCUT2D eigenvalue weighted by Gasteiger charge is 2.16. The molecule has 1 aromatic heterocycles. The zero-order chi connectivity index (χ0) is 14.0. The van der Waals surface area contributed by atoms with Gasteiger partial charge in [0.15, 0.2) is 0 Å². The van der Waals surface area contributed by atoms with Crippen LogP contribution in [0.3, 0.4) is 0 Å². The number of benzene rings is 1. The molecule has 2 N–H and O–H groups in total. The van der Waals surface area contributed by atoms with Gasteiger partial charge in [-0.05, 0) is 49.6 Å². The lowest BCUT2D eigenvalue weighted by Crippen LogP contribution is -2.25. The standard InChI is InChI=1S/C13H12Br2N2OS/c1-17(7-8-4-2-3-5-10(8)16)13(18)11-6-9(14)12(15)19-11/h2-6H,7,16H2,1H3. The lowest BCUT2D eigenvalue weighted by Gasteiger charge is -2.17. The Labute approximate surface area is 132 Å². The van der Waals surface area contributed by atoms with Crippen LogP contribution in [0.4, 0.5) is 5.69 Å². The first-order chi connectivity index (χ1) is 8.99. The number of halogens is 2. The van der Waals surface area contributed by atoms with Crippen LogP contribution in [0, 0.1) is 0 Å². The van der Waals surface area contributed by atoms with Crippen molar-refractivity contribution in [3.63, 3.8) is 0 Å². The summed E-state index contributed by atoms with van der Waals surface area (Å²) in [5, 5.41) is 0. The van der Waals surface area contributed by atoms with Gasteiger partial charge < -0.3 is 10.6 Å². The summed E-state index contributed by atoms with van der Waals surface area (Å²) in [5.74, 6) is -0.0142. The van der Waals surface area contributed by atoms with Crippen LogP contribution in [-0.4, -0.2) is 17.9 Å². The molecule has 0 aliphatic carbocycles. The molecule has 3 nitrogen and oxygen atoms in total. The molecule has 0 atom stereocenters. The van der Waals surface area contributed by atoms with Crippen LogP contribution in [0.1, 0.15) is 15.2 Å². The van der Waals surface area contributed by atoms with Gasteiger partial charge >= 0.3 is 0 Å². The number of amides is 1. The number of thiophene rings is 1. The molecule has 0 bridgehead atoms. The zero-order valence-electron chi connectivity index (χ0n) is 10.2. The Hall–Kier alpha value is -0.850. The summed E-state index contributed by atoms with van der Waals surface area (Å²) in [7, 11) is 1.77. The SMILES string of the molecule is CN(Cc1ccccc1N)C(=O)c1cc(Br)c(Br)s1. The third-order valence-electron chi connectivity index (χ3n) is 2.67. The lowest BCUT2D eigenvalue weighted by atomic mass is 10.1. The summed E-state index contributed by atoms with van der Waals surface area (Å²) in [6, 6.07) is 9.39. The van der Waals surface area contributed by atoms with Gasteiger partial charge in [-0.25, -0.2) is 0 Å². The number of hydrogen-bond acceptors (Lipinski definition) is 3. The number of hydrogen-bond donors (Lipinski definition) is 1. The maximum absolute atomic E-state index is 12.3. The van der Waals surface area contributed by atoms with Crippen molar-refractivity contribution in [2.24, 2.45) is 0 Å². The molecule has 0 aliphatic rings. The number of para-hydroxylation sites is 1. The monoisotopic (exact) mass is 402 g/mol. The van der Waals surface area contributed by atoms with Gasteiger partial charge in [0.25, 0.3) is 5.91 Å². The first-order valence-corrected chi connectivity index (χ1v) is 7.93. The summed E-state index contributed by atoms with van der Waals surface area (Å²) >= 11 is 8.19. The Balaban J connectivity index is 2.14. The van der Waals surface area contributed by atoms with E-state index in [-0.39, 0.29) is 5.91 Å². The predicted octanol–water partition coefficient (Wildman–Crippen LogP) is 4.13. The van der Waals surface area contributed by atoms with Crippen molar-refractivity contribution in [3.8, 4) is 0 Å². The predicted molar refractivity (Wildman–Crippen MR) is 86.4 cm³/mol. The van der Waals surface area contributed by atoms with Crippen molar-refractivity contribution in [1.29, 1.82) is 0 Å². The average Bonchev–Trinajstić information content (AvgIpc) is 2.71. The molecule has 0 radical (unpaired) electrons. The average molecular weight is 404 g/mol. The number of nitrogens with zero attached hydrogens (tertiary/aromatic N) is 1. The van der Waals surface area contributed by atoms with E-state index in [9.17, 15) is 4.79 Å². The molecule has 2 aromatic rings. The van der Waals surface area contributed by atoms with Crippen LogP contribution >= 0.6 is 43.2 Å². The van der Waals surface area contributed by atoms with Gasteiger partial charge in [0.05, 0.1) is 8.66 Å². The molecular formula is C13H12Br2N2OS. The van der Waals surface area contributed by atoms with Crippen LogP contribution in [-0.2, 0) is 6.54 Å². The maximum Gasteiger partial charge on any atom is 0.264 e. The Bertz CT molecular complexity index is 593. The molecule has 6 heteroatoms. The first-order valence-electron chi connectivity index (χ1n) is 5.52. The quantitative estimate of drug-likeness (QED) is 0.783. The van der Waals surface area contributed by atoms with Gasteiger partial charge in [-0.1, -0.05) is 18.2 Å². The minimum absolute atomic E-state index is 0.0142. The van der Waals surface area contributed by atoms with Crippen molar-refractivity contribution < 1.29 is 4.79 Å². The van der Waals surface area contributed by atoms with E-state index >= 15 is 0 Å². The second kappa shape index (κ2) is 6.07. The lowest BCUT2D eigenvalue weighted by molar-refractivity contribution is 0.0790. The van der Waals surface area contributed by atoms with Crippen LogP contribution < -0.4 is 5.73 Å². The smallest absolute Gasteiger partial charge is 0.264 e. The van der Waals surface area contributed by atoms with E-state index in [0.29, 0.717) is 17.1 Å². The fraction of sp³-hybridized carbons (Fsp3) is 0.154. The van der Waals surface area contributed by atoms with E-state index in [4.69, 9.17) is 5.73 Å². The van der Waals surface area contributed by atoms with E-state index in [2.05, 4.69) is 31.9 Å². The molecule has 0 saturated heterocycles. The molecule has 0 spiro atoms. The van der Waals surface area contributed by atoms with Crippen molar-refractivity contribution in [1.82, 2.24) is 4.90 Å². The molecule has 0 saturated carbocycles. The summed E-state index contributed by atoms with van der Waals surface area (Å²) < 4.78 is 1.82. The van der Waals surface area contributed by atoms with Gasteiger partial charge in [-0.15, -0.1) is 11.3 Å². The van der Waals surface area contributed by atoms with Gasteiger partial charge in [0.2, 0.25) is 0 Å². The first kappa shape index (κ1) is 14.6. The number of rotatable bonds is 3. The molecule has 1 heterocycles. The Morgan fingerprint density at radius 1 is 1.37 bits per heavy atom. The largest absolute Gasteiger partial charge is 0.398 e. The van der Waals surface area contributed by atoms with E-state index < -0.39 is 0 Å². The molecule has 0 aliphatic heterocycles. The molecule has 0 fully saturated rings. The van der Waals surface area contributed by atoms with Crippen molar-refractivity contribution in [2.75, 3.05) is 12.8 Å². The third kappa shape index (κ3) is 3.38. The highest BCUT2D eigenvalue weighted by Crippen LogP contribution is 2.33. The Morgan fingerprint density at radius 3 is 2.63 bits per heavy atom. The summed E-state index contributed by atoms with van der Waals surface area (Å²) in [4.78, 5) is 14.6. The summed E-state index contributed by atoms with van der Waals surface area (Å²) in [6.45, 7) is 0.499. The van der Waals surface area contributed by atoms with Gasteiger partial charge in [-0.3, -0.25) is 4.79 Å². The van der Waals surface area contributed by atoms with Crippen LogP contribution in [0.25, 0.3) is 0 Å². The topological polar surface area (TPSA) is 46.3 Å². The van der Waals surface area contributed by atoms with E-state index in [1.807, 2.05) is 30.3 Å². The normalized spacial score (nSPS) is 10.5. The maximum atomic E-state index is 12.3. The van der Waals surface area contributed by atoms with E-state index in [1.54, 1.807) is 11.9 Å². The molecule has 2 rings (SSSR count). The van der Waals surface area contributed by atoms with Crippen LogP contribution in [0.15, 0.2) is 38.6 Å². The second-order valence-electron chi connectivity index (χ2n) is 4.09. The van der Waals surface area contributed by atoms with E-state index in [0.717, 1.165) is 13.8 Å². The van der Waals surface area contributed by atoms with E-state index in [1.165, 1.54) is 11.3 Å².